The molecule has 5 nitrogen and oxygen atoms in total. The molecule has 1 aromatic heterocycles. The number of hydrogen-bond acceptors (Lipinski definition) is 3. The van der Waals surface area contributed by atoms with Crippen molar-refractivity contribution in [2.24, 2.45) is 0 Å². The van der Waals surface area contributed by atoms with E-state index in [2.05, 4.69) is 32.9 Å². The number of nitrogens with zero attached hydrogens (tertiary/aromatic N) is 1. The van der Waals surface area contributed by atoms with E-state index in [-0.39, 0.29) is 17.3 Å². The molecular weight excluding hydrogens is 371 g/mol. The minimum absolute atomic E-state index is 0.177. The lowest BCUT2D eigenvalue weighted by Gasteiger charge is -2.09. The molecule has 2 rings (SSSR count). The van der Waals surface area contributed by atoms with Gasteiger partial charge >= 0.3 is 5.97 Å². The highest BCUT2D eigenvalue weighted by molar-refractivity contribution is 14.1. The van der Waals surface area contributed by atoms with Gasteiger partial charge in [-0.05, 0) is 53.3 Å². The second kappa shape index (κ2) is 6.00. The number of aryl methyl sites for hydroxylation is 1. The van der Waals surface area contributed by atoms with Crippen LogP contribution in [0.1, 0.15) is 26.4 Å². The van der Waals surface area contributed by atoms with Gasteiger partial charge in [-0.25, -0.2) is 9.78 Å². The Kier molecular flexibility index (Phi) is 4.33. The van der Waals surface area contributed by atoms with Crippen LogP contribution in [-0.4, -0.2) is 22.0 Å². The first kappa shape index (κ1) is 14.4. The Balaban J connectivity index is 2.33. The molecule has 0 saturated carbocycles. The summed E-state index contributed by atoms with van der Waals surface area (Å²) in [4.78, 5) is 27.0. The molecule has 0 aliphatic carbocycles. The minimum atomic E-state index is -1.18. The third-order valence-corrected chi connectivity index (χ3v) is 4.13. The van der Waals surface area contributed by atoms with Crippen molar-refractivity contribution >= 4 is 40.2 Å². The van der Waals surface area contributed by atoms with Crippen molar-refractivity contribution in [3.63, 3.8) is 0 Å². The molecule has 0 atom stereocenters. The van der Waals surface area contributed by atoms with Gasteiger partial charge in [0.1, 0.15) is 0 Å². The van der Waals surface area contributed by atoms with Crippen LogP contribution in [0.25, 0.3) is 0 Å². The number of carbonyl (C=O) groups excluding carboxylic acids is 1. The van der Waals surface area contributed by atoms with Gasteiger partial charge in [0.05, 0.1) is 11.3 Å². The van der Waals surface area contributed by atoms with Crippen LogP contribution in [0.15, 0.2) is 36.5 Å². The minimum Gasteiger partial charge on any atom is -0.476 e. The fourth-order valence-electron chi connectivity index (χ4n) is 1.69. The topological polar surface area (TPSA) is 79.3 Å². The van der Waals surface area contributed by atoms with E-state index in [1.54, 1.807) is 18.2 Å². The number of carbonyl (C=O) groups is 2. The fraction of sp³-hybridized carbons (Fsp3) is 0.0714. The number of amides is 1. The first-order chi connectivity index (χ1) is 9.50. The van der Waals surface area contributed by atoms with Crippen LogP contribution < -0.4 is 5.32 Å². The summed E-state index contributed by atoms with van der Waals surface area (Å²) in [6.45, 7) is 1.91. The maximum absolute atomic E-state index is 12.2. The summed E-state index contributed by atoms with van der Waals surface area (Å²) in [7, 11) is 0. The van der Waals surface area contributed by atoms with E-state index < -0.39 is 5.97 Å². The molecule has 0 aliphatic rings. The van der Waals surface area contributed by atoms with E-state index in [1.165, 1.54) is 12.3 Å². The molecule has 0 fully saturated rings. The first-order valence-electron chi connectivity index (χ1n) is 5.75. The third-order valence-electron chi connectivity index (χ3n) is 2.69. The van der Waals surface area contributed by atoms with Gasteiger partial charge in [-0.2, -0.15) is 0 Å². The zero-order chi connectivity index (χ0) is 14.7. The van der Waals surface area contributed by atoms with Gasteiger partial charge in [-0.3, -0.25) is 4.79 Å². The lowest BCUT2D eigenvalue weighted by atomic mass is 10.1. The molecule has 1 aromatic carbocycles. The number of benzene rings is 1. The van der Waals surface area contributed by atoms with Crippen LogP contribution in [0, 0.1) is 10.5 Å². The molecule has 102 valence electrons. The molecule has 0 radical (unpaired) electrons. The summed E-state index contributed by atoms with van der Waals surface area (Å²) >= 11 is 2.09. The van der Waals surface area contributed by atoms with Crippen molar-refractivity contribution in [2.75, 3.05) is 5.32 Å². The number of anilines is 1. The smallest absolute Gasteiger partial charge is 0.356 e. The molecule has 2 N–H and O–H groups in total. The van der Waals surface area contributed by atoms with Gasteiger partial charge in [0.2, 0.25) is 0 Å². The molecule has 0 saturated heterocycles. The molecule has 1 heterocycles. The Bertz CT molecular complexity index is 686. The standard InChI is InChI=1S/C14H11IN2O3/c1-8-4-2-5-9(11(8)15)13(18)17-10-6-3-7-16-12(10)14(19)20/h2-7H,1H3,(H,17,18)(H,19,20). The molecule has 0 bridgehead atoms. The van der Waals surface area contributed by atoms with Gasteiger partial charge in [-0.1, -0.05) is 12.1 Å². The number of aromatic carboxylic acids is 1. The van der Waals surface area contributed by atoms with Gasteiger partial charge in [0.25, 0.3) is 5.91 Å². The summed E-state index contributed by atoms with van der Waals surface area (Å²) in [5, 5.41) is 11.6. The Labute approximate surface area is 129 Å². The summed E-state index contributed by atoms with van der Waals surface area (Å²) < 4.78 is 0.836. The highest BCUT2D eigenvalue weighted by Crippen LogP contribution is 2.19. The maximum Gasteiger partial charge on any atom is 0.356 e. The lowest BCUT2D eigenvalue weighted by molar-refractivity contribution is 0.0692. The van der Waals surface area contributed by atoms with Crippen molar-refractivity contribution in [1.29, 1.82) is 0 Å². The molecule has 0 spiro atoms. The summed E-state index contributed by atoms with van der Waals surface area (Å²) in [6, 6.07) is 8.47. The van der Waals surface area contributed by atoms with Crippen molar-refractivity contribution in [3.8, 4) is 0 Å². The predicted molar refractivity (Wildman–Crippen MR) is 83.0 cm³/mol. The second-order valence-electron chi connectivity index (χ2n) is 4.10. The fourth-order valence-corrected chi connectivity index (χ4v) is 2.29. The first-order valence-corrected chi connectivity index (χ1v) is 6.83. The monoisotopic (exact) mass is 382 g/mol. The van der Waals surface area contributed by atoms with Gasteiger partial charge in [0.15, 0.2) is 5.69 Å². The number of rotatable bonds is 3. The molecular formula is C14H11IN2O3. The van der Waals surface area contributed by atoms with E-state index in [1.807, 2.05) is 13.0 Å². The summed E-state index contributed by atoms with van der Waals surface area (Å²) in [5.74, 6) is -1.53. The zero-order valence-electron chi connectivity index (χ0n) is 10.6. The average Bonchev–Trinajstić information content (AvgIpc) is 2.42. The zero-order valence-corrected chi connectivity index (χ0v) is 12.7. The number of nitrogens with one attached hydrogen (secondary N) is 1. The van der Waals surface area contributed by atoms with Crippen LogP contribution in [0.4, 0.5) is 5.69 Å². The van der Waals surface area contributed by atoms with E-state index in [0.717, 1.165) is 9.13 Å². The van der Waals surface area contributed by atoms with E-state index in [4.69, 9.17) is 5.11 Å². The van der Waals surface area contributed by atoms with E-state index in [0.29, 0.717) is 5.56 Å². The molecule has 0 aliphatic heterocycles. The number of carboxylic acid groups (broad SMARTS) is 1. The summed E-state index contributed by atoms with van der Waals surface area (Å²) in [5.41, 5.74) is 1.50. The third kappa shape index (κ3) is 2.96. The second-order valence-corrected chi connectivity index (χ2v) is 5.17. The Morgan fingerprint density at radius 1 is 1.25 bits per heavy atom. The highest BCUT2D eigenvalue weighted by atomic mass is 127. The normalized spacial score (nSPS) is 10.1. The molecule has 20 heavy (non-hydrogen) atoms. The Morgan fingerprint density at radius 3 is 2.70 bits per heavy atom. The van der Waals surface area contributed by atoms with Crippen molar-refractivity contribution < 1.29 is 14.7 Å². The SMILES string of the molecule is Cc1cccc(C(=O)Nc2cccnc2C(=O)O)c1I. The van der Waals surface area contributed by atoms with Gasteiger partial charge in [-0.15, -0.1) is 0 Å². The molecule has 0 unspecified atom stereocenters. The van der Waals surface area contributed by atoms with Gasteiger partial charge < -0.3 is 10.4 Å². The predicted octanol–water partition coefficient (Wildman–Crippen LogP) is 2.95. The maximum atomic E-state index is 12.2. The Morgan fingerprint density at radius 2 is 2.00 bits per heavy atom. The van der Waals surface area contributed by atoms with Crippen molar-refractivity contribution in [1.82, 2.24) is 4.98 Å². The number of carboxylic acids is 1. The van der Waals surface area contributed by atoms with Gasteiger partial charge in [0, 0.05) is 9.77 Å². The van der Waals surface area contributed by atoms with Crippen LogP contribution in [0.3, 0.4) is 0 Å². The van der Waals surface area contributed by atoms with E-state index in [9.17, 15) is 9.59 Å². The van der Waals surface area contributed by atoms with Crippen LogP contribution in [0.2, 0.25) is 0 Å². The molecule has 1 amide bonds. The Hall–Kier alpha value is -1.96. The average molecular weight is 382 g/mol. The quantitative estimate of drug-likeness (QED) is 0.801. The number of aromatic nitrogens is 1. The van der Waals surface area contributed by atoms with Crippen LogP contribution in [-0.2, 0) is 0 Å². The number of hydrogen-bond donors (Lipinski definition) is 2. The van der Waals surface area contributed by atoms with Crippen molar-refractivity contribution in [2.45, 2.75) is 6.92 Å². The highest BCUT2D eigenvalue weighted by Gasteiger charge is 2.16. The van der Waals surface area contributed by atoms with Crippen molar-refractivity contribution in [3.05, 3.63) is 56.9 Å². The largest absolute Gasteiger partial charge is 0.476 e. The molecule has 2 aromatic rings. The van der Waals surface area contributed by atoms with Crippen LogP contribution in [0.5, 0.6) is 0 Å². The lowest BCUT2D eigenvalue weighted by Crippen LogP contribution is -2.17. The summed E-state index contributed by atoms with van der Waals surface area (Å²) in [6.07, 6.45) is 1.37. The molecule has 6 heteroatoms. The number of pyridine rings is 1. The van der Waals surface area contributed by atoms with Crippen LogP contribution >= 0.6 is 22.6 Å². The number of halogens is 1. The van der Waals surface area contributed by atoms with E-state index >= 15 is 0 Å².